The van der Waals surface area contributed by atoms with E-state index in [1.807, 2.05) is 12.1 Å². The monoisotopic (exact) mass is 293 g/mol. The molecule has 1 aliphatic heterocycles. The second-order valence-electron chi connectivity index (χ2n) is 4.55. The van der Waals surface area contributed by atoms with E-state index in [1.165, 1.54) is 5.56 Å². The number of allylic oxidation sites excluding steroid dienone is 2. The summed E-state index contributed by atoms with van der Waals surface area (Å²) in [7, 11) is 0. The zero-order chi connectivity index (χ0) is 12.0. The molecule has 1 aliphatic carbocycles. The van der Waals surface area contributed by atoms with Crippen LogP contribution in [0.3, 0.4) is 0 Å². The first-order valence-electron chi connectivity index (χ1n) is 5.62. The molecule has 0 radical (unpaired) electrons. The Morgan fingerprint density at radius 2 is 2.29 bits per heavy atom. The Labute approximate surface area is 108 Å². The molecule has 1 heterocycles. The van der Waals surface area contributed by atoms with Crippen LogP contribution in [0.5, 0.6) is 0 Å². The van der Waals surface area contributed by atoms with Crippen LogP contribution < -0.4 is 5.32 Å². The van der Waals surface area contributed by atoms with Gasteiger partial charge in [0, 0.05) is 22.0 Å². The third kappa shape index (κ3) is 1.67. The third-order valence-corrected chi connectivity index (χ3v) is 4.08. The topological polar surface area (TPSA) is 49.3 Å². The van der Waals surface area contributed by atoms with Crippen LogP contribution in [-0.2, 0) is 4.79 Å². The summed E-state index contributed by atoms with van der Waals surface area (Å²) in [5.74, 6) is -0.406. The van der Waals surface area contributed by atoms with Crippen molar-refractivity contribution >= 4 is 27.6 Å². The number of rotatable bonds is 1. The fourth-order valence-electron chi connectivity index (χ4n) is 2.81. The average Bonchev–Trinajstić information content (AvgIpc) is 2.76. The van der Waals surface area contributed by atoms with E-state index in [2.05, 4.69) is 39.5 Å². The lowest BCUT2D eigenvalue weighted by molar-refractivity contribution is -0.139. The Kier molecular flexibility index (Phi) is 2.47. The molecule has 0 bridgehead atoms. The van der Waals surface area contributed by atoms with E-state index in [9.17, 15) is 9.90 Å². The van der Waals surface area contributed by atoms with Crippen molar-refractivity contribution in [1.29, 1.82) is 0 Å². The third-order valence-electron chi connectivity index (χ3n) is 3.59. The molecule has 0 fully saturated rings. The van der Waals surface area contributed by atoms with Crippen molar-refractivity contribution in [2.24, 2.45) is 5.92 Å². The maximum Gasteiger partial charge on any atom is 0.326 e. The highest BCUT2D eigenvalue weighted by atomic mass is 79.9. The molecule has 1 aromatic rings. The zero-order valence-electron chi connectivity index (χ0n) is 9.06. The lowest BCUT2D eigenvalue weighted by atomic mass is 9.79. The van der Waals surface area contributed by atoms with Gasteiger partial charge in [-0.3, -0.25) is 0 Å². The maximum absolute atomic E-state index is 11.3. The van der Waals surface area contributed by atoms with Gasteiger partial charge in [0.15, 0.2) is 0 Å². The number of carboxylic acids is 1. The standard InChI is InChI=1S/C13H12BrNO2/c14-7-4-5-11-10(6-7)8-2-1-3-9(8)12(15-11)13(16)17/h1-2,4-6,8-9,12,15H,3H2,(H,16,17)/t8-,9+,12-/m1/s1. The smallest absolute Gasteiger partial charge is 0.326 e. The fourth-order valence-corrected chi connectivity index (χ4v) is 3.19. The average molecular weight is 294 g/mol. The highest BCUT2D eigenvalue weighted by Crippen LogP contribution is 2.45. The van der Waals surface area contributed by atoms with Gasteiger partial charge < -0.3 is 10.4 Å². The Morgan fingerprint density at radius 1 is 1.47 bits per heavy atom. The quantitative estimate of drug-likeness (QED) is 0.783. The van der Waals surface area contributed by atoms with E-state index in [0.717, 1.165) is 16.6 Å². The highest BCUT2D eigenvalue weighted by Gasteiger charge is 2.40. The van der Waals surface area contributed by atoms with Gasteiger partial charge in [0.25, 0.3) is 0 Å². The van der Waals surface area contributed by atoms with Gasteiger partial charge in [0.1, 0.15) is 6.04 Å². The van der Waals surface area contributed by atoms with Gasteiger partial charge in [-0.2, -0.15) is 0 Å². The highest BCUT2D eigenvalue weighted by molar-refractivity contribution is 9.10. The Morgan fingerprint density at radius 3 is 3.06 bits per heavy atom. The number of carbonyl (C=O) groups is 1. The summed E-state index contributed by atoms with van der Waals surface area (Å²) in [6.07, 6.45) is 5.05. The van der Waals surface area contributed by atoms with Crippen molar-refractivity contribution < 1.29 is 9.90 Å². The minimum Gasteiger partial charge on any atom is -0.480 e. The number of hydrogen-bond acceptors (Lipinski definition) is 2. The Balaban J connectivity index is 2.09. The second kappa shape index (κ2) is 3.88. The van der Waals surface area contributed by atoms with Gasteiger partial charge in [-0.1, -0.05) is 28.1 Å². The molecule has 0 spiro atoms. The molecule has 0 saturated heterocycles. The van der Waals surface area contributed by atoms with Crippen LogP contribution in [0.2, 0.25) is 0 Å². The van der Waals surface area contributed by atoms with Crippen molar-refractivity contribution in [1.82, 2.24) is 0 Å². The molecule has 2 aliphatic rings. The number of hydrogen-bond donors (Lipinski definition) is 2. The van der Waals surface area contributed by atoms with Crippen LogP contribution in [-0.4, -0.2) is 17.1 Å². The molecule has 3 rings (SSSR count). The van der Waals surface area contributed by atoms with Crippen molar-refractivity contribution in [2.45, 2.75) is 18.4 Å². The number of aliphatic carboxylic acids is 1. The molecule has 3 atom stereocenters. The van der Waals surface area contributed by atoms with Gasteiger partial charge in [-0.05, 0) is 30.2 Å². The van der Waals surface area contributed by atoms with E-state index in [0.29, 0.717) is 0 Å². The van der Waals surface area contributed by atoms with Crippen molar-refractivity contribution in [3.05, 3.63) is 40.4 Å². The lowest BCUT2D eigenvalue weighted by Gasteiger charge is -2.34. The largest absolute Gasteiger partial charge is 0.480 e. The van der Waals surface area contributed by atoms with Crippen LogP contribution in [0, 0.1) is 5.92 Å². The first kappa shape index (κ1) is 10.8. The van der Waals surface area contributed by atoms with Crippen LogP contribution in [0.25, 0.3) is 0 Å². The first-order valence-corrected chi connectivity index (χ1v) is 6.41. The molecule has 0 aromatic heterocycles. The summed E-state index contributed by atoms with van der Waals surface area (Å²) in [5, 5.41) is 12.4. The first-order chi connectivity index (χ1) is 8.16. The summed E-state index contributed by atoms with van der Waals surface area (Å²) in [4.78, 5) is 11.3. The zero-order valence-corrected chi connectivity index (χ0v) is 10.6. The normalized spacial score (nSPS) is 29.4. The molecule has 17 heavy (non-hydrogen) atoms. The van der Waals surface area contributed by atoms with Crippen LogP contribution in [0.1, 0.15) is 17.9 Å². The molecule has 2 N–H and O–H groups in total. The van der Waals surface area contributed by atoms with Crippen molar-refractivity contribution in [2.75, 3.05) is 5.32 Å². The maximum atomic E-state index is 11.3. The summed E-state index contributed by atoms with van der Waals surface area (Å²) in [6, 6.07) is 5.47. The molecule has 4 heteroatoms. The van der Waals surface area contributed by atoms with Crippen molar-refractivity contribution in [3.63, 3.8) is 0 Å². The number of carboxylic acid groups (broad SMARTS) is 1. The second-order valence-corrected chi connectivity index (χ2v) is 5.46. The Hall–Kier alpha value is -1.29. The van der Waals surface area contributed by atoms with Gasteiger partial charge in [-0.25, -0.2) is 4.79 Å². The number of nitrogens with one attached hydrogen (secondary N) is 1. The van der Waals surface area contributed by atoms with Gasteiger partial charge in [0.2, 0.25) is 0 Å². The predicted molar refractivity (Wildman–Crippen MR) is 69.2 cm³/mol. The molecule has 0 unspecified atom stereocenters. The van der Waals surface area contributed by atoms with Crippen LogP contribution >= 0.6 is 15.9 Å². The molecule has 1 aromatic carbocycles. The summed E-state index contributed by atoms with van der Waals surface area (Å²) in [5.41, 5.74) is 2.13. The predicted octanol–water partition coefficient (Wildman–Crippen LogP) is 2.99. The van der Waals surface area contributed by atoms with Gasteiger partial charge >= 0.3 is 5.97 Å². The van der Waals surface area contributed by atoms with Gasteiger partial charge in [0.05, 0.1) is 0 Å². The Bertz CT molecular complexity index is 512. The molecule has 3 nitrogen and oxygen atoms in total. The molecule has 0 saturated carbocycles. The fraction of sp³-hybridized carbons (Fsp3) is 0.308. The van der Waals surface area contributed by atoms with Crippen LogP contribution in [0.4, 0.5) is 5.69 Å². The lowest BCUT2D eigenvalue weighted by Crippen LogP contribution is -2.41. The van der Waals surface area contributed by atoms with E-state index < -0.39 is 12.0 Å². The number of benzene rings is 1. The number of fused-ring (bicyclic) bond motifs is 3. The number of anilines is 1. The van der Waals surface area contributed by atoms with E-state index >= 15 is 0 Å². The van der Waals surface area contributed by atoms with E-state index in [4.69, 9.17) is 0 Å². The van der Waals surface area contributed by atoms with E-state index in [1.54, 1.807) is 0 Å². The van der Waals surface area contributed by atoms with Crippen LogP contribution in [0.15, 0.2) is 34.8 Å². The minimum absolute atomic E-state index is 0.134. The van der Waals surface area contributed by atoms with Gasteiger partial charge in [-0.15, -0.1) is 0 Å². The molecular formula is C13H12BrNO2. The number of halogens is 1. The summed E-state index contributed by atoms with van der Waals surface area (Å²) < 4.78 is 1.03. The van der Waals surface area contributed by atoms with E-state index in [-0.39, 0.29) is 11.8 Å². The molecular weight excluding hydrogens is 282 g/mol. The summed E-state index contributed by atoms with van der Waals surface area (Å²) in [6.45, 7) is 0. The molecule has 88 valence electrons. The SMILES string of the molecule is O=C(O)[C@@H]1Nc2ccc(Br)cc2[C@@H]2C=CC[C@H]12. The summed E-state index contributed by atoms with van der Waals surface area (Å²) >= 11 is 3.46. The van der Waals surface area contributed by atoms with Crippen molar-refractivity contribution in [3.8, 4) is 0 Å². The molecule has 0 amide bonds. The minimum atomic E-state index is -0.766.